The van der Waals surface area contributed by atoms with Gasteiger partial charge in [0.15, 0.2) is 0 Å². The van der Waals surface area contributed by atoms with Crippen molar-refractivity contribution in [3.8, 4) is 0 Å². The summed E-state index contributed by atoms with van der Waals surface area (Å²) in [7, 11) is 0. The van der Waals surface area contributed by atoms with Crippen molar-refractivity contribution in [1.82, 2.24) is 0 Å². The maximum absolute atomic E-state index is 12.0. The van der Waals surface area contributed by atoms with E-state index in [1.165, 1.54) is 6.92 Å². The van der Waals surface area contributed by atoms with Crippen molar-refractivity contribution >= 4 is 0 Å². The molecule has 10 heavy (non-hydrogen) atoms. The van der Waals surface area contributed by atoms with E-state index < -0.39 is 17.6 Å². The summed E-state index contributed by atoms with van der Waals surface area (Å²) < 4.78 is 36.0. The van der Waals surface area contributed by atoms with Crippen LogP contribution in [0.3, 0.4) is 0 Å². The summed E-state index contributed by atoms with van der Waals surface area (Å²) in [5.41, 5.74) is 3.35. The van der Waals surface area contributed by atoms with Gasteiger partial charge in [-0.15, -0.1) is 0 Å². The lowest BCUT2D eigenvalue weighted by Gasteiger charge is -2.31. The van der Waals surface area contributed by atoms with Crippen molar-refractivity contribution in [3.05, 3.63) is 0 Å². The second-order valence-corrected chi connectivity index (χ2v) is 3.01. The Labute approximate surface area is 58.4 Å². The van der Waals surface area contributed by atoms with E-state index in [-0.39, 0.29) is 0 Å². The molecular formula is C6H12F3N. The first kappa shape index (κ1) is 9.75. The first-order chi connectivity index (χ1) is 4.19. The quantitative estimate of drug-likeness (QED) is 0.615. The molecule has 0 fully saturated rings. The SMILES string of the molecule is C[C@H](N)C(C)(C)C(F)(F)F. The molecule has 0 rings (SSSR count). The van der Waals surface area contributed by atoms with Gasteiger partial charge in [0.25, 0.3) is 0 Å². The van der Waals surface area contributed by atoms with Crippen LogP contribution in [0.2, 0.25) is 0 Å². The zero-order chi connectivity index (χ0) is 8.58. The Morgan fingerprint density at radius 1 is 1.20 bits per heavy atom. The minimum Gasteiger partial charge on any atom is -0.327 e. The van der Waals surface area contributed by atoms with Gasteiger partial charge in [0.1, 0.15) is 0 Å². The zero-order valence-electron chi connectivity index (χ0n) is 6.29. The lowest BCUT2D eigenvalue weighted by Crippen LogP contribution is -2.45. The minimum absolute atomic E-state index is 0.868. The van der Waals surface area contributed by atoms with E-state index in [0.29, 0.717) is 0 Å². The van der Waals surface area contributed by atoms with Crippen LogP contribution in [0.15, 0.2) is 0 Å². The minimum atomic E-state index is -4.21. The second kappa shape index (κ2) is 2.42. The largest absolute Gasteiger partial charge is 0.395 e. The van der Waals surface area contributed by atoms with Crippen LogP contribution in [-0.2, 0) is 0 Å². The predicted molar refractivity (Wildman–Crippen MR) is 33.5 cm³/mol. The number of halogens is 3. The highest BCUT2D eigenvalue weighted by Gasteiger charge is 2.49. The molecule has 0 unspecified atom stereocenters. The van der Waals surface area contributed by atoms with Crippen LogP contribution in [0.5, 0.6) is 0 Å². The van der Waals surface area contributed by atoms with Crippen molar-refractivity contribution in [2.75, 3.05) is 0 Å². The van der Waals surface area contributed by atoms with Crippen LogP contribution in [0.25, 0.3) is 0 Å². The van der Waals surface area contributed by atoms with Crippen LogP contribution in [0, 0.1) is 5.41 Å². The first-order valence-corrected chi connectivity index (χ1v) is 3.02. The Kier molecular flexibility index (Phi) is 2.36. The van der Waals surface area contributed by atoms with Crippen LogP contribution >= 0.6 is 0 Å². The van der Waals surface area contributed by atoms with Gasteiger partial charge >= 0.3 is 6.18 Å². The molecule has 2 N–H and O–H groups in total. The van der Waals surface area contributed by atoms with Crippen molar-refractivity contribution in [2.45, 2.75) is 33.0 Å². The molecule has 0 heterocycles. The van der Waals surface area contributed by atoms with Crippen LogP contribution in [0.4, 0.5) is 13.2 Å². The van der Waals surface area contributed by atoms with Gasteiger partial charge < -0.3 is 5.73 Å². The standard InChI is InChI=1S/C6H12F3N/c1-4(10)5(2,3)6(7,8)9/h4H,10H2,1-3H3/t4-/m0/s1. The summed E-state index contributed by atoms with van der Waals surface area (Å²) in [6, 6.07) is -0.868. The molecule has 1 nitrogen and oxygen atoms in total. The van der Waals surface area contributed by atoms with Gasteiger partial charge in [0.05, 0.1) is 5.41 Å². The zero-order valence-corrected chi connectivity index (χ0v) is 6.29. The van der Waals surface area contributed by atoms with Crippen molar-refractivity contribution in [1.29, 1.82) is 0 Å². The van der Waals surface area contributed by atoms with Crippen molar-refractivity contribution in [3.63, 3.8) is 0 Å². The maximum atomic E-state index is 12.0. The van der Waals surface area contributed by atoms with Gasteiger partial charge in [-0.3, -0.25) is 0 Å². The molecule has 62 valence electrons. The average Bonchev–Trinajstić information content (AvgIpc) is 1.62. The summed E-state index contributed by atoms with van der Waals surface area (Å²) in [4.78, 5) is 0. The second-order valence-electron chi connectivity index (χ2n) is 3.01. The predicted octanol–water partition coefficient (Wildman–Crippen LogP) is 1.92. The molecule has 0 aromatic rings. The smallest absolute Gasteiger partial charge is 0.327 e. The molecule has 0 saturated carbocycles. The van der Waals surface area contributed by atoms with E-state index in [0.717, 1.165) is 13.8 Å². The van der Waals surface area contributed by atoms with Crippen molar-refractivity contribution < 1.29 is 13.2 Å². The molecule has 0 amide bonds. The highest BCUT2D eigenvalue weighted by molar-refractivity contribution is 4.84. The van der Waals surface area contributed by atoms with E-state index in [1.807, 2.05) is 0 Å². The van der Waals surface area contributed by atoms with Crippen LogP contribution in [-0.4, -0.2) is 12.2 Å². The Balaban J connectivity index is 4.40. The summed E-state index contributed by atoms with van der Waals surface area (Å²) in [6.07, 6.45) is -4.21. The Hall–Kier alpha value is -0.250. The molecule has 0 aromatic carbocycles. The monoisotopic (exact) mass is 155 g/mol. The normalized spacial score (nSPS) is 17.1. The Morgan fingerprint density at radius 3 is 1.50 bits per heavy atom. The molecule has 0 bridgehead atoms. The fourth-order valence-electron chi connectivity index (χ4n) is 0.258. The Bertz CT molecular complexity index is 115. The van der Waals surface area contributed by atoms with Gasteiger partial charge in [-0.05, 0) is 20.8 Å². The fourth-order valence-corrected chi connectivity index (χ4v) is 0.258. The van der Waals surface area contributed by atoms with Gasteiger partial charge in [0, 0.05) is 6.04 Å². The third-order valence-corrected chi connectivity index (χ3v) is 1.87. The van der Waals surface area contributed by atoms with Crippen LogP contribution < -0.4 is 5.73 Å². The lowest BCUT2D eigenvalue weighted by atomic mass is 9.85. The third kappa shape index (κ3) is 1.62. The van der Waals surface area contributed by atoms with E-state index in [1.54, 1.807) is 0 Å². The molecule has 4 heteroatoms. The third-order valence-electron chi connectivity index (χ3n) is 1.87. The summed E-state index contributed by atoms with van der Waals surface area (Å²) in [5.74, 6) is 0. The summed E-state index contributed by atoms with van der Waals surface area (Å²) in [6.45, 7) is 3.54. The van der Waals surface area contributed by atoms with E-state index >= 15 is 0 Å². The molecular weight excluding hydrogens is 143 g/mol. The maximum Gasteiger partial charge on any atom is 0.395 e. The highest BCUT2D eigenvalue weighted by Crippen LogP contribution is 2.39. The lowest BCUT2D eigenvalue weighted by molar-refractivity contribution is -0.216. The van der Waals surface area contributed by atoms with Crippen molar-refractivity contribution in [2.24, 2.45) is 11.1 Å². The molecule has 0 aliphatic rings. The molecule has 1 atom stereocenters. The fraction of sp³-hybridized carbons (Fsp3) is 1.00. The van der Waals surface area contributed by atoms with Gasteiger partial charge in [-0.1, -0.05) is 0 Å². The summed E-state index contributed by atoms with van der Waals surface area (Å²) in [5, 5.41) is 0. The Morgan fingerprint density at radius 2 is 1.50 bits per heavy atom. The van der Waals surface area contributed by atoms with Gasteiger partial charge in [0.2, 0.25) is 0 Å². The number of rotatable bonds is 1. The number of nitrogens with two attached hydrogens (primary N) is 1. The first-order valence-electron chi connectivity index (χ1n) is 3.02. The molecule has 0 radical (unpaired) electrons. The molecule has 0 saturated heterocycles. The average molecular weight is 155 g/mol. The highest BCUT2D eigenvalue weighted by atomic mass is 19.4. The number of hydrogen-bond acceptors (Lipinski definition) is 1. The number of alkyl halides is 3. The van der Waals surface area contributed by atoms with E-state index in [2.05, 4.69) is 0 Å². The summed E-state index contributed by atoms with van der Waals surface area (Å²) >= 11 is 0. The van der Waals surface area contributed by atoms with E-state index in [4.69, 9.17) is 5.73 Å². The van der Waals surface area contributed by atoms with Gasteiger partial charge in [-0.2, -0.15) is 13.2 Å². The molecule has 0 aliphatic heterocycles. The van der Waals surface area contributed by atoms with Gasteiger partial charge in [-0.25, -0.2) is 0 Å². The topological polar surface area (TPSA) is 26.0 Å². The number of hydrogen-bond donors (Lipinski definition) is 1. The van der Waals surface area contributed by atoms with Crippen LogP contribution in [0.1, 0.15) is 20.8 Å². The molecule has 0 aromatic heterocycles. The molecule has 0 aliphatic carbocycles. The van der Waals surface area contributed by atoms with E-state index in [9.17, 15) is 13.2 Å². The molecule has 0 spiro atoms.